The summed E-state index contributed by atoms with van der Waals surface area (Å²) in [5.41, 5.74) is 0.111. The molecule has 0 unspecified atom stereocenters. The normalized spacial score (nSPS) is 12.1. The lowest BCUT2D eigenvalue weighted by molar-refractivity contribution is -0.137. The number of benzene rings is 1. The highest BCUT2D eigenvalue weighted by Crippen LogP contribution is 2.29. The zero-order valence-electron chi connectivity index (χ0n) is 9.92. The first-order valence-corrected chi connectivity index (χ1v) is 5.35. The van der Waals surface area contributed by atoms with E-state index in [0.29, 0.717) is 18.5 Å². The van der Waals surface area contributed by atoms with Crippen LogP contribution < -0.4 is 0 Å². The van der Waals surface area contributed by atoms with Crippen LogP contribution in [0.25, 0.3) is 0 Å². The van der Waals surface area contributed by atoms with Crippen LogP contribution in [0.1, 0.15) is 17.5 Å². The Kier molecular flexibility index (Phi) is 4.96. The van der Waals surface area contributed by atoms with E-state index >= 15 is 0 Å². The lowest BCUT2D eigenvalue weighted by atomic mass is 10.1. The lowest BCUT2D eigenvalue weighted by Crippen LogP contribution is -2.18. The minimum atomic E-state index is -4.26. The van der Waals surface area contributed by atoms with Crippen molar-refractivity contribution in [3.63, 3.8) is 0 Å². The molecule has 17 heavy (non-hydrogen) atoms. The third-order valence-corrected chi connectivity index (χ3v) is 2.50. The maximum absolute atomic E-state index is 12.4. The second-order valence-electron chi connectivity index (χ2n) is 3.84. The fourth-order valence-electron chi connectivity index (χ4n) is 1.50. The van der Waals surface area contributed by atoms with Crippen LogP contribution in [0.3, 0.4) is 0 Å². The van der Waals surface area contributed by atoms with Gasteiger partial charge in [-0.2, -0.15) is 18.2 Å². The molecular formula is C12H16F3NO. The van der Waals surface area contributed by atoms with Crippen molar-refractivity contribution in [2.45, 2.75) is 19.0 Å². The number of halogens is 3. The summed E-state index contributed by atoms with van der Waals surface area (Å²) >= 11 is 0. The summed E-state index contributed by atoms with van der Waals surface area (Å²) in [4.78, 5) is 4.92. The quantitative estimate of drug-likeness (QED) is 0.741. The molecule has 0 aliphatic heterocycles. The first kappa shape index (κ1) is 14.0. The molecule has 0 aliphatic carbocycles. The van der Waals surface area contributed by atoms with Crippen LogP contribution >= 0.6 is 0 Å². The molecule has 0 aliphatic rings. The molecule has 96 valence electrons. The number of aryl methyl sites for hydroxylation is 1. The summed E-state index contributed by atoms with van der Waals surface area (Å²) in [5, 5.41) is 1.65. The molecule has 1 rings (SSSR count). The van der Waals surface area contributed by atoms with Gasteiger partial charge in [-0.25, -0.2) is 0 Å². The maximum Gasteiger partial charge on any atom is 0.416 e. The third-order valence-electron chi connectivity index (χ3n) is 2.50. The molecule has 2 nitrogen and oxygen atoms in total. The van der Waals surface area contributed by atoms with Gasteiger partial charge in [0.2, 0.25) is 0 Å². The molecule has 1 aromatic carbocycles. The van der Waals surface area contributed by atoms with Gasteiger partial charge >= 0.3 is 6.18 Å². The molecule has 0 atom stereocenters. The van der Waals surface area contributed by atoms with Crippen molar-refractivity contribution >= 4 is 0 Å². The predicted octanol–water partition coefficient (Wildman–Crippen LogP) is 3.13. The summed E-state index contributed by atoms with van der Waals surface area (Å²) in [6.07, 6.45) is -2.90. The van der Waals surface area contributed by atoms with E-state index in [1.807, 2.05) is 0 Å². The Morgan fingerprint density at radius 2 is 2.00 bits per heavy atom. The van der Waals surface area contributed by atoms with Crippen LogP contribution in [0, 0.1) is 0 Å². The van der Waals surface area contributed by atoms with Crippen LogP contribution in [0.4, 0.5) is 13.2 Å². The average molecular weight is 247 g/mol. The molecular weight excluding hydrogens is 231 g/mol. The van der Waals surface area contributed by atoms with E-state index in [2.05, 4.69) is 0 Å². The summed E-state index contributed by atoms with van der Waals surface area (Å²) in [6, 6.07) is 5.44. The summed E-state index contributed by atoms with van der Waals surface area (Å²) in [6.45, 7) is 0.687. The molecule has 5 heteroatoms. The fraction of sp³-hybridized carbons (Fsp3) is 0.500. The van der Waals surface area contributed by atoms with Crippen molar-refractivity contribution in [1.29, 1.82) is 0 Å². The van der Waals surface area contributed by atoms with Crippen LogP contribution in [0.15, 0.2) is 24.3 Å². The van der Waals surface area contributed by atoms with Gasteiger partial charge in [-0.15, -0.1) is 0 Å². The van der Waals surface area contributed by atoms with Gasteiger partial charge < -0.3 is 4.84 Å². The standard InChI is InChI=1S/C12H16F3NO/c1-16(17-2)8-4-6-10-5-3-7-11(9-10)12(13,14)15/h3,5,7,9H,4,6,8H2,1-2H3. The monoisotopic (exact) mass is 247 g/mol. The molecule has 0 amide bonds. The van der Waals surface area contributed by atoms with E-state index < -0.39 is 11.7 Å². The summed E-state index contributed by atoms with van der Waals surface area (Å²) < 4.78 is 37.3. The van der Waals surface area contributed by atoms with Gasteiger partial charge in [-0.1, -0.05) is 18.2 Å². The summed E-state index contributed by atoms with van der Waals surface area (Å²) in [5.74, 6) is 0. The van der Waals surface area contributed by atoms with E-state index in [4.69, 9.17) is 4.84 Å². The van der Waals surface area contributed by atoms with Crippen molar-refractivity contribution in [3.05, 3.63) is 35.4 Å². The molecule has 1 aromatic rings. The first-order chi connectivity index (χ1) is 7.93. The average Bonchev–Trinajstić information content (AvgIpc) is 2.28. The van der Waals surface area contributed by atoms with Gasteiger partial charge in [-0.3, -0.25) is 0 Å². The number of alkyl halides is 3. The molecule has 0 spiro atoms. The molecule has 0 saturated carbocycles. The maximum atomic E-state index is 12.4. The second-order valence-corrected chi connectivity index (χ2v) is 3.84. The van der Waals surface area contributed by atoms with E-state index in [9.17, 15) is 13.2 Å². The van der Waals surface area contributed by atoms with Crippen LogP contribution in [0.5, 0.6) is 0 Å². The van der Waals surface area contributed by atoms with Crippen molar-refractivity contribution in [3.8, 4) is 0 Å². The minimum Gasteiger partial charge on any atom is -0.303 e. The number of nitrogens with zero attached hydrogens (tertiary/aromatic N) is 1. The highest BCUT2D eigenvalue weighted by atomic mass is 19.4. The Morgan fingerprint density at radius 1 is 1.29 bits per heavy atom. The van der Waals surface area contributed by atoms with Gasteiger partial charge in [0.1, 0.15) is 0 Å². The Labute approximate surface area is 98.9 Å². The highest BCUT2D eigenvalue weighted by molar-refractivity contribution is 5.25. The van der Waals surface area contributed by atoms with Gasteiger partial charge in [0, 0.05) is 13.6 Å². The van der Waals surface area contributed by atoms with Crippen molar-refractivity contribution in [1.82, 2.24) is 5.06 Å². The molecule has 0 heterocycles. The smallest absolute Gasteiger partial charge is 0.303 e. The first-order valence-electron chi connectivity index (χ1n) is 5.35. The molecule has 0 aromatic heterocycles. The van der Waals surface area contributed by atoms with E-state index in [0.717, 1.165) is 12.5 Å². The zero-order valence-corrected chi connectivity index (χ0v) is 9.92. The van der Waals surface area contributed by atoms with Crippen molar-refractivity contribution in [2.24, 2.45) is 0 Å². The Bertz CT molecular complexity index is 352. The zero-order chi connectivity index (χ0) is 12.9. The number of hydroxylamine groups is 2. The van der Waals surface area contributed by atoms with Gasteiger partial charge in [0.05, 0.1) is 12.7 Å². The largest absolute Gasteiger partial charge is 0.416 e. The number of hydrogen-bond acceptors (Lipinski definition) is 2. The van der Waals surface area contributed by atoms with Crippen LogP contribution in [-0.4, -0.2) is 25.8 Å². The molecule has 0 bridgehead atoms. The van der Waals surface area contributed by atoms with E-state index in [1.54, 1.807) is 25.3 Å². The molecule has 0 N–H and O–H groups in total. The molecule has 0 radical (unpaired) electrons. The van der Waals surface area contributed by atoms with E-state index in [1.165, 1.54) is 12.1 Å². The Balaban J connectivity index is 2.55. The highest BCUT2D eigenvalue weighted by Gasteiger charge is 2.30. The van der Waals surface area contributed by atoms with Crippen molar-refractivity contribution in [2.75, 3.05) is 20.7 Å². The number of rotatable bonds is 5. The minimum absolute atomic E-state index is 0.588. The topological polar surface area (TPSA) is 12.5 Å². The molecule has 0 fully saturated rings. The second kappa shape index (κ2) is 6.02. The van der Waals surface area contributed by atoms with Crippen molar-refractivity contribution < 1.29 is 18.0 Å². The van der Waals surface area contributed by atoms with Gasteiger partial charge in [-0.05, 0) is 24.5 Å². The fourth-order valence-corrected chi connectivity index (χ4v) is 1.50. The van der Waals surface area contributed by atoms with Crippen LogP contribution in [-0.2, 0) is 17.4 Å². The van der Waals surface area contributed by atoms with Crippen LogP contribution in [0.2, 0.25) is 0 Å². The number of hydrogen-bond donors (Lipinski definition) is 0. The third kappa shape index (κ3) is 4.75. The van der Waals surface area contributed by atoms with Gasteiger partial charge in [0.15, 0.2) is 0 Å². The molecule has 0 saturated heterocycles. The summed E-state index contributed by atoms with van der Waals surface area (Å²) in [7, 11) is 3.34. The Hall–Kier alpha value is -1.07. The Morgan fingerprint density at radius 3 is 2.59 bits per heavy atom. The SMILES string of the molecule is CON(C)CCCc1cccc(C(F)(F)F)c1. The predicted molar refractivity (Wildman–Crippen MR) is 59.4 cm³/mol. The lowest BCUT2D eigenvalue weighted by Gasteiger charge is -2.13. The van der Waals surface area contributed by atoms with E-state index in [-0.39, 0.29) is 0 Å². The van der Waals surface area contributed by atoms with Gasteiger partial charge in [0.25, 0.3) is 0 Å².